The number of carbonyl (C=O) groups excluding carboxylic acids is 1. The van der Waals surface area contributed by atoms with Crippen LogP contribution in [0.25, 0.3) is 0 Å². The number of hydrogen-bond acceptors (Lipinski definition) is 4. The van der Waals surface area contributed by atoms with Crippen LogP contribution in [0.4, 0.5) is 4.79 Å². The molecule has 104 valence electrons. The van der Waals surface area contributed by atoms with Crippen molar-refractivity contribution in [1.29, 1.82) is 0 Å². The van der Waals surface area contributed by atoms with Gasteiger partial charge >= 0.3 is 6.09 Å². The first-order valence-electron chi connectivity index (χ1n) is 6.78. The van der Waals surface area contributed by atoms with Crippen LogP contribution in [0.15, 0.2) is 0 Å². The molecule has 1 amide bonds. The van der Waals surface area contributed by atoms with Crippen molar-refractivity contribution < 1.29 is 14.3 Å². The lowest BCUT2D eigenvalue weighted by Gasteiger charge is -2.36. The lowest BCUT2D eigenvalue weighted by molar-refractivity contribution is -0.0525. The third-order valence-electron chi connectivity index (χ3n) is 3.29. The number of hydrogen-bond donors (Lipinski definition) is 1. The van der Waals surface area contributed by atoms with Gasteiger partial charge in [0.15, 0.2) is 0 Å². The Labute approximate surface area is 109 Å². The molecule has 2 unspecified atom stereocenters. The normalized spacial score (nSPS) is 29.4. The van der Waals surface area contributed by atoms with Gasteiger partial charge in [0, 0.05) is 12.6 Å². The van der Waals surface area contributed by atoms with Crippen LogP contribution in [0.2, 0.25) is 0 Å². The number of ether oxygens (including phenoxy) is 2. The average molecular weight is 256 g/mol. The van der Waals surface area contributed by atoms with E-state index in [9.17, 15) is 4.79 Å². The summed E-state index contributed by atoms with van der Waals surface area (Å²) in [4.78, 5) is 13.8. The molecule has 0 radical (unpaired) electrons. The molecule has 2 rings (SSSR count). The molecule has 0 aromatic carbocycles. The minimum atomic E-state index is -0.434. The Morgan fingerprint density at radius 3 is 2.83 bits per heavy atom. The van der Waals surface area contributed by atoms with Crippen LogP contribution in [-0.2, 0) is 9.47 Å². The lowest BCUT2D eigenvalue weighted by atomic mass is 10.1. The SMILES string of the molecule is CC(C)(C)OC(=O)N1CCOC(C2CCCN2)C1. The van der Waals surface area contributed by atoms with Gasteiger partial charge in [-0.05, 0) is 40.2 Å². The molecule has 2 aliphatic heterocycles. The van der Waals surface area contributed by atoms with Crippen molar-refractivity contribution in [2.75, 3.05) is 26.2 Å². The molecule has 1 N–H and O–H groups in total. The van der Waals surface area contributed by atoms with E-state index >= 15 is 0 Å². The maximum atomic E-state index is 12.0. The van der Waals surface area contributed by atoms with Crippen molar-refractivity contribution in [3.8, 4) is 0 Å². The molecule has 5 heteroatoms. The Kier molecular flexibility index (Phi) is 4.12. The largest absolute Gasteiger partial charge is 0.444 e. The summed E-state index contributed by atoms with van der Waals surface area (Å²) in [7, 11) is 0. The molecule has 0 spiro atoms. The van der Waals surface area contributed by atoms with E-state index in [1.54, 1.807) is 4.90 Å². The van der Waals surface area contributed by atoms with Gasteiger partial charge in [-0.25, -0.2) is 4.79 Å². The van der Waals surface area contributed by atoms with Gasteiger partial charge in [-0.1, -0.05) is 0 Å². The maximum absolute atomic E-state index is 12.0. The van der Waals surface area contributed by atoms with E-state index < -0.39 is 5.60 Å². The fraction of sp³-hybridized carbons (Fsp3) is 0.923. The summed E-state index contributed by atoms with van der Waals surface area (Å²) in [5.41, 5.74) is -0.434. The van der Waals surface area contributed by atoms with Gasteiger partial charge in [0.2, 0.25) is 0 Å². The third-order valence-corrected chi connectivity index (χ3v) is 3.29. The second-order valence-corrected chi connectivity index (χ2v) is 6.04. The fourth-order valence-corrected chi connectivity index (χ4v) is 2.44. The van der Waals surface area contributed by atoms with E-state index in [4.69, 9.17) is 9.47 Å². The summed E-state index contributed by atoms with van der Waals surface area (Å²) < 4.78 is 11.2. The summed E-state index contributed by atoms with van der Waals surface area (Å²) in [5.74, 6) is 0. The standard InChI is InChI=1S/C13H24N2O3/c1-13(2,3)18-12(16)15-7-8-17-11(9-15)10-5-4-6-14-10/h10-11,14H,4-9H2,1-3H3. The third kappa shape index (κ3) is 3.59. The van der Waals surface area contributed by atoms with E-state index in [2.05, 4.69) is 5.32 Å². The Balaban J connectivity index is 1.87. The van der Waals surface area contributed by atoms with E-state index in [1.807, 2.05) is 20.8 Å². The zero-order valence-electron chi connectivity index (χ0n) is 11.6. The van der Waals surface area contributed by atoms with Gasteiger partial charge in [0.1, 0.15) is 5.60 Å². The van der Waals surface area contributed by atoms with Crippen LogP contribution < -0.4 is 5.32 Å². The van der Waals surface area contributed by atoms with Crippen LogP contribution in [0, 0.1) is 0 Å². The lowest BCUT2D eigenvalue weighted by Crippen LogP contribution is -2.53. The first-order chi connectivity index (χ1) is 8.46. The molecular weight excluding hydrogens is 232 g/mol. The highest BCUT2D eigenvalue weighted by molar-refractivity contribution is 5.68. The van der Waals surface area contributed by atoms with E-state index in [0.717, 1.165) is 13.0 Å². The van der Waals surface area contributed by atoms with Crippen molar-refractivity contribution in [2.24, 2.45) is 0 Å². The second-order valence-electron chi connectivity index (χ2n) is 6.04. The molecule has 2 atom stereocenters. The van der Waals surface area contributed by atoms with Gasteiger partial charge in [0.25, 0.3) is 0 Å². The van der Waals surface area contributed by atoms with Crippen LogP contribution >= 0.6 is 0 Å². The molecule has 5 nitrogen and oxygen atoms in total. The second kappa shape index (κ2) is 5.45. The molecule has 2 saturated heterocycles. The zero-order valence-corrected chi connectivity index (χ0v) is 11.6. The highest BCUT2D eigenvalue weighted by atomic mass is 16.6. The Hall–Kier alpha value is -0.810. The quantitative estimate of drug-likeness (QED) is 0.770. The Bertz CT molecular complexity index is 295. The van der Waals surface area contributed by atoms with Gasteiger partial charge in [-0.15, -0.1) is 0 Å². The number of carbonyl (C=O) groups is 1. The summed E-state index contributed by atoms with van der Waals surface area (Å²) in [6, 6.07) is 0.384. The van der Waals surface area contributed by atoms with E-state index in [1.165, 1.54) is 6.42 Å². The minimum absolute atomic E-state index is 0.105. The summed E-state index contributed by atoms with van der Waals surface area (Å²) in [5, 5.41) is 3.43. The number of nitrogens with one attached hydrogen (secondary N) is 1. The number of morpholine rings is 1. The zero-order chi connectivity index (χ0) is 13.2. The maximum Gasteiger partial charge on any atom is 0.410 e. The van der Waals surface area contributed by atoms with E-state index in [0.29, 0.717) is 25.7 Å². The molecule has 18 heavy (non-hydrogen) atoms. The van der Waals surface area contributed by atoms with Crippen LogP contribution in [0.5, 0.6) is 0 Å². The van der Waals surface area contributed by atoms with Crippen molar-refractivity contribution in [1.82, 2.24) is 10.2 Å². The molecule has 2 fully saturated rings. The number of amides is 1. The fourth-order valence-electron chi connectivity index (χ4n) is 2.44. The number of rotatable bonds is 1. The molecular formula is C13H24N2O3. The monoisotopic (exact) mass is 256 g/mol. The van der Waals surface area contributed by atoms with Gasteiger partial charge < -0.3 is 19.7 Å². The van der Waals surface area contributed by atoms with Gasteiger partial charge in [-0.2, -0.15) is 0 Å². The highest BCUT2D eigenvalue weighted by Crippen LogP contribution is 2.18. The molecule has 2 aliphatic rings. The molecule has 0 aliphatic carbocycles. The van der Waals surface area contributed by atoms with Crippen molar-refractivity contribution in [2.45, 2.75) is 51.4 Å². The Morgan fingerprint density at radius 1 is 1.44 bits per heavy atom. The summed E-state index contributed by atoms with van der Waals surface area (Å²) in [6.07, 6.45) is 2.20. The first-order valence-corrected chi connectivity index (χ1v) is 6.78. The highest BCUT2D eigenvalue weighted by Gasteiger charge is 2.33. The topological polar surface area (TPSA) is 50.8 Å². The summed E-state index contributed by atoms with van der Waals surface area (Å²) >= 11 is 0. The molecule has 0 aromatic rings. The molecule has 2 heterocycles. The molecule has 0 bridgehead atoms. The predicted molar refractivity (Wildman–Crippen MR) is 68.6 cm³/mol. The average Bonchev–Trinajstić information content (AvgIpc) is 2.80. The van der Waals surface area contributed by atoms with Crippen molar-refractivity contribution >= 4 is 6.09 Å². The van der Waals surface area contributed by atoms with Crippen LogP contribution in [0.3, 0.4) is 0 Å². The molecule has 0 saturated carbocycles. The minimum Gasteiger partial charge on any atom is -0.444 e. The Morgan fingerprint density at radius 2 is 2.22 bits per heavy atom. The van der Waals surface area contributed by atoms with Gasteiger partial charge in [-0.3, -0.25) is 0 Å². The first kappa shape index (κ1) is 13.6. The van der Waals surface area contributed by atoms with Crippen LogP contribution in [0.1, 0.15) is 33.6 Å². The van der Waals surface area contributed by atoms with Crippen molar-refractivity contribution in [3.63, 3.8) is 0 Å². The van der Waals surface area contributed by atoms with Crippen molar-refractivity contribution in [3.05, 3.63) is 0 Å². The number of nitrogens with zero attached hydrogens (tertiary/aromatic N) is 1. The summed E-state index contributed by atoms with van der Waals surface area (Å²) in [6.45, 7) is 8.58. The van der Waals surface area contributed by atoms with E-state index in [-0.39, 0.29) is 12.2 Å². The molecule has 0 aromatic heterocycles. The smallest absolute Gasteiger partial charge is 0.410 e. The van der Waals surface area contributed by atoms with Crippen LogP contribution in [-0.4, -0.2) is 55.0 Å². The van der Waals surface area contributed by atoms with Gasteiger partial charge in [0.05, 0.1) is 19.3 Å². The predicted octanol–water partition coefficient (Wildman–Crippen LogP) is 1.37.